The van der Waals surface area contributed by atoms with E-state index in [0.717, 1.165) is 24.0 Å². The van der Waals surface area contributed by atoms with Gasteiger partial charge in [-0.25, -0.2) is 4.79 Å². The second kappa shape index (κ2) is 9.92. The van der Waals surface area contributed by atoms with Gasteiger partial charge in [0.1, 0.15) is 6.10 Å². The minimum atomic E-state index is -0.965. The summed E-state index contributed by atoms with van der Waals surface area (Å²) >= 11 is 0. The summed E-state index contributed by atoms with van der Waals surface area (Å²) in [6.07, 6.45) is 4.78. The smallest absolute Gasteiger partial charge is 0.331 e. The largest absolute Gasteiger partial charge is 0.478 e. The Morgan fingerprint density at radius 3 is 2.37 bits per heavy atom. The average Bonchev–Trinajstić information content (AvgIpc) is 3.06. The molecule has 4 saturated carbocycles. The van der Waals surface area contributed by atoms with E-state index in [1.807, 2.05) is 19.9 Å². The van der Waals surface area contributed by atoms with Gasteiger partial charge in [0.2, 0.25) is 0 Å². The van der Waals surface area contributed by atoms with E-state index in [2.05, 4.69) is 34.3 Å². The highest BCUT2D eigenvalue weighted by atomic mass is 16.5. The minimum absolute atomic E-state index is 0.0296. The summed E-state index contributed by atoms with van der Waals surface area (Å²) in [7, 11) is 0. The fourth-order valence-electron chi connectivity index (χ4n) is 9.88. The number of carboxylic acid groups (broad SMARTS) is 1. The fraction of sp³-hybridized carbons (Fsp3) is 0.750. The van der Waals surface area contributed by atoms with Crippen LogP contribution in [0.4, 0.5) is 0 Å². The first kappa shape index (κ1) is 29.1. The number of rotatable bonds is 5. The zero-order valence-electron chi connectivity index (χ0n) is 24.3. The Kier molecular flexibility index (Phi) is 7.59. The van der Waals surface area contributed by atoms with Gasteiger partial charge < -0.3 is 20.1 Å². The molecule has 38 heavy (non-hydrogen) atoms. The van der Waals surface area contributed by atoms with Crippen molar-refractivity contribution in [1.29, 1.82) is 0 Å². The van der Waals surface area contributed by atoms with Crippen LogP contribution in [0.3, 0.4) is 0 Å². The third-order valence-corrected chi connectivity index (χ3v) is 11.5. The van der Waals surface area contributed by atoms with Crippen molar-refractivity contribution >= 4 is 11.9 Å². The van der Waals surface area contributed by atoms with E-state index in [0.29, 0.717) is 43.3 Å². The van der Waals surface area contributed by atoms with Crippen LogP contribution < -0.4 is 0 Å². The summed E-state index contributed by atoms with van der Waals surface area (Å²) in [5.41, 5.74) is 2.15. The Labute approximate surface area is 228 Å². The molecule has 0 bridgehead atoms. The molecule has 3 N–H and O–H groups in total. The normalized spacial score (nSPS) is 45.4. The fourth-order valence-corrected chi connectivity index (χ4v) is 9.88. The van der Waals surface area contributed by atoms with E-state index in [9.17, 15) is 24.9 Å². The minimum Gasteiger partial charge on any atom is -0.478 e. The monoisotopic (exact) mass is 528 g/mol. The second-order valence-electron chi connectivity index (χ2n) is 13.8. The molecule has 0 aromatic carbocycles. The van der Waals surface area contributed by atoms with Gasteiger partial charge in [0.05, 0.1) is 12.2 Å². The number of esters is 1. The van der Waals surface area contributed by atoms with Gasteiger partial charge in [-0.2, -0.15) is 0 Å². The number of carbonyl (C=O) groups excluding carboxylic acids is 1. The summed E-state index contributed by atoms with van der Waals surface area (Å²) in [5, 5.41) is 33.1. The summed E-state index contributed by atoms with van der Waals surface area (Å²) in [4.78, 5) is 24.9. The predicted molar refractivity (Wildman–Crippen MR) is 147 cm³/mol. The van der Waals surface area contributed by atoms with Crippen LogP contribution in [0.2, 0.25) is 0 Å². The molecule has 0 spiro atoms. The van der Waals surface area contributed by atoms with Crippen LogP contribution in [-0.2, 0) is 14.3 Å². The number of hydrogen-bond acceptors (Lipinski definition) is 5. The van der Waals surface area contributed by atoms with Crippen molar-refractivity contribution in [2.75, 3.05) is 0 Å². The van der Waals surface area contributed by atoms with E-state index in [-0.39, 0.29) is 39.9 Å². The second-order valence-corrected chi connectivity index (χ2v) is 13.8. The molecule has 0 aromatic rings. The number of allylic oxidation sites excluding steroid dienone is 2. The van der Waals surface area contributed by atoms with Crippen LogP contribution in [0.1, 0.15) is 93.4 Å². The molecule has 1 unspecified atom stereocenters. The highest BCUT2D eigenvalue weighted by Crippen LogP contribution is 2.74. The first-order valence-corrected chi connectivity index (χ1v) is 14.4. The summed E-state index contributed by atoms with van der Waals surface area (Å²) in [6.45, 7) is 18.5. The van der Waals surface area contributed by atoms with Crippen molar-refractivity contribution in [3.8, 4) is 0 Å². The van der Waals surface area contributed by atoms with Gasteiger partial charge in [-0.3, -0.25) is 4.79 Å². The molecule has 0 aliphatic heterocycles. The lowest BCUT2D eigenvalue weighted by molar-refractivity contribution is -0.226. The molecule has 0 saturated heterocycles. The van der Waals surface area contributed by atoms with Crippen LogP contribution >= 0.6 is 0 Å². The lowest BCUT2D eigenvalue weighted by atomic mass is 9.36. The molecule has 4 aliphatic carbocycles. The van der Waals surface area contributed by atoms with E-state index < -0.39 is 30.3 Å². The molecule has 10 atom stereocenters. The zero-order chi connectivity index (χ0) is 28.4. The first-order chi connectivity index (χ1) is 17.6. The lowest BCUT2D eigenvalue weighted by Gasteiger charge is -2.69. The van der Waals surface area contributed by atoms with E-state index in [4.69, 9.17) is 4.74 Å². The standard InChI is InChI=1S/C32H48O6/c1-17(2)10-9-11-21(29(36)37)26-23-14-24(34)28-30(6)15-18(3)27(35)19(4)22(30)12-13-31(28,7)32(23,8)16-25(26)38-20(5)33/h10,19,22-25,27-28,34-35H,3,9,11-16H2,1-2,4-8H3,(H,36,37)/t19-,22?,23+,24+,25-,27+,28+,30-,31-,32-/m0/s1. The highest BCUT2D eigenvalue weighted by Gasteiger charge is 2.71. The predicted octanol–water partition coefficient (Wildman–Crippen LogP) is 5.83. The number of ether oxygens (including phenoxy) is 1. The molecule has 0 heterocycles. The number of hydrogen-bond donors (Lipinski definition) is 3. The van der Waals surface area contributed by atoms with Crippen LogP contribution in [0.25, 0.3) is 0 Å². The Morgan fingerprint density at radius 1 is 1.13 bits per heavy atom. The lowest BCUT2D eigenvalue weighted by Crippen LogP contribution is -2.65. The SMILES string of the molecule is C=C1C[C@@]2(C)C(CC[C@@]3(C)[C@@H]2[C@H](O)C[C@@H]2C(=C(CCC=C(C)C)C(=O)O)[C@@H](OC(C)=O)C[C@@]23C)[C@H](C)[C@@H]1O. The number of fused-ring (bicyclic) bond motifs is 5. The number of aliphatic hydroxyl groups is 2. The first-order valence-electron chi connectivity index (χ1n) is 14.4. The summed E-state index contributed by atoms with van der Waals surface area (Å²) < 4.78 is 5.88. The Hall–Kier alpha value is -1.92. The van der Waals surface area contributed by atoms with Crippen LogP contribution in [0, 0.1) is 39.9 Å². The van der Waals surface area contributed by atoms with Gasteiger partial charge in [-0.05, 0) is 110 Å². The van der Waals surface area contributed by atoms with Crippen molar-refractivity contribution in [3.05, 3.63) is 34.9 Å². The molecule has 0 aromatic heterocycles. The van der Waals surface area contributed by atoms with Gasteiger partial charge >= 0.3 is 11.9 Å². The average molecular weight is 529 g/mol. The maximum absolute atomic E-state index is 12.6. The highest BCUT2D eigenvalue weighted by molar-refractivity contribution is 5.88. The molecular formula is C32H48O6. The van der Waals surface area contributed by atoms with Gasteiger partial charge in [-0.1, -0.05) is 45.9 Å². The summed E-state index contributed by atoms with van der Waals surface area (Å²) in [5.74, 6) is -1.24. The van der Waals surface area contributed by atoms with Crippen molar-refractivity contribution < 1.29 is 29.6 Å². The Bertz CT molecular complexity index is 1070. The van der Waals surface area contributed by atoms with Crippen LogP contribution in [-0.4, -0.2) is 45.6 Å². The van der Waals surface area contributed by atoms with Crippen molar-refractivity contribution in [3.63, 3.8) is 0 Å². The van der Waals surface area contributed by atoms with Crippen LogP contribution in [0.15, 0.2) is 34.9 Å². The molecule has 4 aliphatic rings. The van der Waals surface area contributed by atoms with Crippen molar-refractivity contribution in [2.24, 2.45) is 39.9 Å². The van der Waals surface area contributed by atoms with E-state index in [1.54, 1.807) is 0 Å². The van der Waals surface area contributed by atoms with Crippen molar-refractivity contribution in [1.82, 2.24) is 0 Å². The molecule has 212 valence electrons. The molecule has 6 heteroatoms. The number of carboxylic acids is 1. The third-order valence-electron chi connectivity index (χ3n) is 11.5. The molecule has 0 radical (unpaired) electrons. The molecule has 4 rings (SSSR count). The zero-order valence-corrected chi connectivity index (χ0v) is 24.3. The maximum Gasteiger partial charge on any atom is 0.331 e. The van der Waals surface area contributed by atoms with Gasteiger partial charge in [-0.15, -0.1) is 0 Å². The quantitative estimate of drug-likeness (QED) is 0.236. The summed E-state index contributed by atoms with van der Waals surface area (Å²) in [6, 6.07) is 0. The van der Waals surface area contributed by atoms with Gasteiger partial charge in [0.15, 0.2) is 0 Å². The Balaban J connectivity index is 1.84. The maximum atomic E-state index is 12.6. The molecule has 4 fully saturated rings. The van der Waals surface area contributed by atoms with Crippen molar-refractivity contribution in [2.45, 2.75) is 112 Å². The van der Waals surface area contributed by atoms with Gasteiger partial charge in [0.25, 0.3) is 0 Å². The van der Waals surface area contributed by atoms with E-state index in [1.165, 1.54) is 6.92 Å². The van der Waals surface area contributed by atoms with Gasteiger partial charge in [0, 0.05) is 12.5 Å². The third kappa shape index (κ3) is 4.30. The molecule has 6 nitrogen and oxygen atoms in total. The number of aliphatic hydroxyl groups excluding tert-OH is 2. The topological polar surface area (TPSA) is 104 Å². The van der Waals surface area contributed by atoms with E-state index >= 15 is 0 Å². The molecular weight excluding hydrogens is 480 g/mol. The Morgan fingerprint density at radius 2 is 1.79 bits per heavy atom. The number of carbonyl (C=O) groups is 2. The van der Waals surface area contributed by atoms with Crippen LogP contribution in [0.5, 0.6) is 0 Å². The molecule has 0 amide bonds. The number of aliphatic carboxylic acids is 1.